The summed E-state index contributed by atoms with van der Waals surface area (Å²) in [5, 5.41) is 6.85. The first-order valence-corrected chi connectivity index (χ1v) is 7.53. The van der Waals surface area contributed by atoms with Crippen LogP contribution in [0.3, 0.4) is 0 Å². The lowest BCUT2D eigenvalue weighted by Crippen LogP contribution is -2.17. The molecule has 1 heterocycles. The first kappa shape index (κ1) is 14.1. The first-order chi connectivity index (χ1) is 9.20. The highest BCUT2D eigenvalue weighted by Gasteiger charge is 2.17. The monoisotopic (exact) mass is 262 g/mol. The van der Waals surface area contributed by atoms with E-state index in [4.69, 9.17) is 0 Å². The summed E-state index contributed by atoms with van der Waals surface area (Å²) >= 11 is 0. The maximum atomic E-state index is 4.52. The van der Waals surface area contributed by atoms with Gasteiger partial charge in [0.05, 0.1) is 0 Å². The minimum Gasteiger partial charge on any atom is -0.370 e. The van der Waals surface area contributed by atoms with Gasteiger partial charge in [-0.25, -0.2) is 9.97 Å². The van der Waals surface area contributed by atoms with Crippen LogP contribution in [0.1, 0.15) is 50.4 Å². The fourth-order valence-electron chi connectivity index (χ4n) is 2.39. The maximum Gasteiger partial charge on any atom is 0.134 e. The number of nitrogens with zero attached hydrogens (tertiary/aromatic N) is 2. The molecule has 0 atom stereocenters. The van der Waals surface area contributed by atoms with Crippen LogP contribution in [0.2, 0.25) is 0 Å². The molecule has 19 heavy (non-hydrogen) atoms. The summed E-state index contributed by atoms with van der Waals surface area (Å²) in [5.41, 5.74) is 1.13. The Morgan fingerprint density at radius 2 is 1.68 bits per heavy atom. The molecule has 1 aromatic rings. The number of aromatic nitrogens is 2. The standard InChI is InChI=1S/C15H26N4/c1-4-9-16-14-11(2)15(19-12(3)18-14)17-10-8-13-6-5-7-13/h13H,4-10H2,1-3H3,(H2,16,17,18,19). The van der Waals surface area contributed by atoms with E-state index in [1.165, 1.54) is 25.7 Å². The van der Waals surface area contributed by atoms with Crippen LogP contribution >= 0.6 is 0 Å². The van der Waals surface area contributed by atoms with Gasteiger partial charge in [-0.15, -0.1) is 0 Å². The summed E-state index contributed by atoms with van der Waals surface area (Å²) in [6.45, 7) is 8.18. The van der Waals surface area contributed by atoms with Gasteiger partial charge in [0.2, 0.25) is 0 Å². The third kappa shape index (κ3) is 3.82. The highest BCUT2D eigenvalue weighted by atomic mass is 15.1. The van der Waals surface area contributed by atoms with Crippen molar-refractivity contribution in [3.63, 3.8) is 0 Å². The van der Waals surface area contributed by atoms with Crippen molar-refractivity contribution in [2.24, 2.45) is 5.92 Å². The van der Waals surface area contributed by atoms with Crippen LogP contribution in [0.5, 0.6) is 0 Å². The molecule has 0 aromatic carbocycles. The Morgan fingerprint density at radius 3 is 2.21 bits per heavy atom. The molecule has 1 aliphatic rings. The van der Waals surface area contributed by atoms with Crippen molar-refractivity contribution in [1.82, 2.24) is 9.97 Å². The second kappa shape index (κ2) is 6.73. The minimum atomic E-state index is 0.829. The normalized spacial score (nSPS) is 15.1. The summed E-state index contributed by atoms with van der Waals surface area (Å²) in [6.07, 6.45) is 6.61. The number of nitrogens with one attached hydrogen (secondary N) is 2. The fourth-order valence-corrected chi connectivity index (χ4v) is 2.39. The van der Waals surface area contributed by atoms with Crippen LogP contribution in [0.15, 0.2) is 0 Å². The van der Waals surface area contributed by atoms with Crippen molar-refractivity contribution < 1.29 is 0 Å². The lowest BCUT2D eigenvalue weighted by atomic mass is 9.83. The molecule has 4 heteroatoms. The Balaban J connectivity index is 1.95. The summed E-state index contributed by atoms with van der Waals surface area (Å²) in [4.78, 5) is 9.00. The molecule has 1 aliphatic carbocycles. The number of hydrogen-bond donors (Lipinski definition) is 2. The highest BCUT2D eigenvalue weighted by molar-refractivity contribution is 5.57. The number of anilines is 2. The van der Waals surface area contributed by atoms with E-state index in [1.54, 1.807) is 0 Å². The zero-order chi connectivity index (χ0) is 13.7. The van der Waals surface area contributed by atoms with Gasteiger partial charge < -0.3 is 10.6 Å². The first-order valence-electron chi connectivity index (χ1n) is 7.53. The van der Waals surface area contributed by atoms with E-state index in [0.717, 1.165) is 48.5 Å². The van der Waals surface area contributed by atoms with Gasteiger partial charge in [-0.3, -0.25) is 0 Å². The van der Waals surface area contributed by atoms with Gasteiger partial charge >= 0.3 is 0 Å². The molecule has 0 radical (unpaired) electrons. The van der Waals surface area contributed by atoms with Crippen LogP contribution in [0, 0.1) is 19.8 Å². The third-order valence-corrected chi connectivity index (χ3v) is 3.87. The molecule has 0 bridgehead atoms. The van der Waals surface area contributed by atoms with Gasteiger partial charge in [-0.1, -0.05) is 26.2 Å². The molecule has 0 aliphatic heterocycles. The van der Waals surface area contributed by atoms with E-state index < -0.39 is 0 Å². The molecule has 0 saturated heterocycles. The Morgan fingerprint density at radius 1 is 1.05 bits per heavy atom. The number of rotatable bonds is 7. The second-order valence-corrected chi connectivity index (χ2v) is 5.53. The average molecular weight is 262 g/mol. The molecule has 0 unspecified atom stereocenters. The summed E-state index contributed by atoms with van der Waals surface area (Å²) in [7, 11) is 0. The lowest BCUT2D eigenvalue weighted by Gasteiger charge is -2.25. The molecular weight excluding hydrogens is 236 g/mol. The van der Waals surface area contributed by atoms with Gasteiger partial charge in [0.15, 0.2) is 0 Å². The minimum absolute atomic E-state index is 0.829. The predicted molar refractivity (Wildman–Crippen MR) is 80.7 cm³/mol. The van der Waals surface area contributed by atoms with Crippen molar-refractivity contribution in [1.29, 1.82) is 0 Å². The van der Waals surface area contributed by atoms with Gasteiger partial charge in [0, 0.05) is 18.7 Å². The Kier molecular flexibility index (Phi) is 5.00. The fraction of sp³-hybridized carbons (Fsp3) is 0.733. The smallest absolute Gasteiger partial charge is 0.134 e. The molecular formula is C15H26N4. The van der Waals surface area contributed by atoms with Crippen molar-refractivity contribution in [3.05, 3.63) is 11.4 Å². The molecule has 1 saturated carbocycles. The van der Waals surface area contributed by atoms with Crippen molar-refractivity contribution >= 4 is 11.6 Å². The average Bonchev–Trinajstić information content (AvgIpc) is 2.34. The van der Waals surface area contributed by atoms with E-state index in [1.807, 2.05) is 6.92 Å². The third-order valence-electron chi connectivity index (χ3n) is 3.87. The van der Waals surface area contributed by atoms with Crippen LogP contribution < -0.4 is 10.6 Å². The molecule has 106 valence electrons. The maximum absolute atomic E-state index is 4.52. The van der Waals surface area contributed by atoms with E-state index >= 15 is 0 Å². The summed E-state index contributed by atoms with van der Waals surface area (Å²) < 4.78 is 0. The zero-order valence-electron chi connectivity index (χ0n) is 12.4. The van der Waals surface area contributed by atoms with Crippen molar-refractivity contribution in [3.8, 4) is 0 Å². The highest BCUT2D eigenvalue weighted by Crippen LogP contribution is 2.29. The molecule has 1 aromatic heterocycles. The van der Waals surface area contributed by atoms with Crippen LogP contribution in [-0.4, -0.2) is 23.1 Å². The Labute approximate surface area is 116 Å². The SMILES string of the molecule is CCCNc1nc(C)nc(NCCC2CCC2)c1C. The summed E-state index contributed by atoms with van der Waals surface area (Å²) in [5.74, 6) is 3.73. The van der Waals surface area contributed by atoms with E-state index in [9.17, 15) is 0 Å². The van der Waals surface area contributed by atoms with Crippen LogP contribution in [-0.2, 0) is 0 Å². The van der Waals surface area contributed by atoms with E-state index in [0.29, 0.717) is 0 Å². The second-order valence-electron chi connectivity index (χ2n) is 5.53. The van der Waals surface area contributed by atoms with E-state index in [2.05, 4.69) is 34.4 Å². The van der Waals surface area contributed by atoms with Gasteiger partial charge in [-0.2, -0.15) is 0 Å². The molecule has 0 spiro atoms. The number of hydrogen-bond acceptors (Lipinski definition) is 4. The topological polar surface area (TPSA) is 49.8 Å². The van der Waals surface area contributed by atoms with Gasteiger partial charge in [0.1, 0.15) is 17.5 Å². The quantitative estimate of drug-likeness (QED) is 0.789. The predicted octanol–water partition coefficient (Wildman–Crippen LogP) is 3.52. The van der Waals surface area contributed by atoms with Crippen molar-refractivity contribution in [2.45, 2.75) is 52.9 Å². The lowest BCUT2D eigenvalue weighted by molar-refractivity contribution is 0.303. The van der Waals surface area contributed by atoms with E-state index in [-0.39, 0.29) is 0 Å². The van der Waals surface area contributed by atoms with Crippen molar-refractivity contribution in [2.75, 3.05) is 23.7 Å². The number of aryl methyl sites for hydroxylation is 1. The molecule has 2 rings (SSSR count). The zero-order valence-corrected chi connectivity index (χ0v) is 12.4. The van der Waals surface area contributed by atoms with Crippen LogP contribution in [0.4, 0.5) is 11.6 Å². The Hall–Kier alpha value is -1.32. The molecule has 2 N–H and O–H groups in total. The Bertz CT molecular complexity index is 413. The van der Waals surface area contributed by atoms with Gasteiger partial charge in [0.25, 0.3) is 0 Å². The van der Waals surface area contributed by atoms with Gasteiger partial charge in [-0.05, 0) is 32.6 Å². The largest absolute Gasteiger partial charge is 0.370 e. The summed E-state index contributed by atoms with van der Waals surface area (Å²) in [6, 6.07) is 0. The molecule has 4 nitrogen and oxygen atoms in total. The molecule has 0 amide bonds. The van der Waals surface area contributed by atoms with Crippen LogP contribution in [0.25, 0.3) is 0 Å². The molecule has 1 fully saturated rings.